The minimum atomic E-state index is -3.63. The van der Waals surface area contributed by atoms with E-state index >= 15 is 0 Å². The van der Waals surface area contributed by atoms with Gasteiger partial charge in [0.05, 0.1) is 10.5 Å². The van der Waals surface area contributed by atoms with Crippen molar-refractivity contribution in [1.82, 2.24) is 9.21 Å². The van der Waals surface area contributed by atoms with Gasteiger partial charge in [0.1, 0.15) is 0 Å². The van der Waals surface area contributed by atoms with Gasteiger partial charge in [-0.25, -0.2) is 8.42 Å². The first kappa shape index (κ1) is 24.3. The van der Waals surface area contributed by atoms with E-state index in [-0.39, 0.29) is 10.8 Å². The molecular weight excluding hydrogens is 422 g/mol. The predicted molar refractivity (Wildman–Crippen MR) is 130 cm³/mol. The third kappa shape index (κ3) is 5.51. The van der Waals surface area contributed by atoms with Gasteiger partial charge in [0.15, 0.2) is 0 Å². The van der Waals surface area contributed by atoms with Crippen LogP contribution in [0.4, 0.5) is 5.69 Å². The van der Waals surface area contributed by atoms with Crippen molar-refractivity contribution >= 4 is 21.6 Å². The summed E-state index contributed by atoms with van der Waals surface area (Å²) in [4.78, 5) is 17.5. The number of nitrogens with zero attached hydrogens (tertiary/aromatic N) is 3. The van der Waals surface area contributed by atoms with E-state index in [4.69, 9.17) is 0 Å². The SMILES string of the molecule is CCN(CC)S(=O)(=O)c1ccc(N2CCCC2)c(C(=O)N(C)CCCc2ccccc2)c1. The summed E-state index contributed by atoms with van der Waals surface area (Å²) in [6, 6.07) is 15.3. The third-order valence-electron chi connectivity index (χ3n) is 6.14. The van der Waals surface area contributed by atoms with E-state index in [2.05, 4.69) is 17.0 Å². The first-order valence-corrected chi connectivity index (χ1v) is 13.0. The Morgan fingerprint density at radius 2 is 1.66 bits per heavy atom. The van der Waals surface area contributed by atoms with Gasteiger partial charge in [-0.2, -0.15) is 4.31 Å². The number of benzene rings is 2. The number of aryl methyl sites for hydroxylation is 1. The molecule has 0 spiro atoms. The fourth-order valence-corrected chi connectivity index (χ4v) is 5.75. The van der Waals surface area contributed by atoms with E-state index in [0.717, 1.165) is 44.5 Å². The van der Waals surface area contributed by atoms with Gasteiger partial charge in [0, 0.05) is 45.5 Å². The van der Waals surface area contributed by atoms with Crippen molar-refractivity contribution in [2.24, 2.45) is 0 Å². The van der Waals surface area contributed by atoms with Crippen LogP contribution in [0.1, 0.15) is 49.0 Å². The molecule has 0 bridgehead atoms. The highest BCUT2D eigenvalue weighted by Gasteiger charge is 2.27. The summed E-state index contributed by atoms with van der Waals surface area (Å²) in [5, 5.41) is 0. The number of carbonyl (C=O) groups excluding carboxylic acids is 1. The molecule has 1 saturated heterocycles. The summed E-state index contributed by atoms with van der Waals surface area (Å²) in [6.07, 6.45) is 3.91. The number of anilines is 1. The smallest absolute Gasteiger partial charge is 0.255 e. The van der Waals surface area contributed by atoms with Crippen molar-refractivity contribution < 1.29 is 13.2 Å². The Hall–Kier alpha value is -2.38. The van der Waals surface area contributed by atoms with Gasteiger partial charge in [-0.3, -0.25) is 4.79 Å². The third-order valence-corrected chi connectivity index (χ3v) is 8.18. The molecular formula is C25H35N3O3S. The fraction of sp³-hybridized carbons (Fsp3) is 0.480. The maximum absolute atomic E-state index is 13.4. The number of hydrogen-bond donors (Lipinski definition) is 0. The van der Waals surface area contributed by atoms with Gasteiger partial charge in [0.25, 0.3) is 5.91 Å². The zero-order valence-corrected chi connectivity index (χ0v) is 20.3. The van der Waals surface area contributed by atoms with Gasteiger partial charge in [-0.05, 0) is 49.4 Å². The maximum atomic E-state index is 13.4. The van der Waals surface area contributed by atoms with E-state index in [1.54, 1.807) is 24.1 Å². The lowest BCUT2D eigenvalue weighted by Gasteiger charge is -2.26. The molecule has 6 nitrogen and oxygen atoms in total. The Bertz CT molecular complexity index is 998. The molecule has 1 aliphatic heterocycles. The van der Waals surface area contributed by atoms with Crippen LogP contribution in [-0.4, -0.2) is 63.3 Å². The van der Waals surface area contributed by atoms with Crippen molar-refractivity contribution in [2.75, 3.05) is 44.7 Å². The first-order valence-electron chi connectivity index (χ1n) is 11.6. The lowest BCUT2D eigenvalue weighted by molar-refractivity contribution is 0.0794. The summed E-state index contributed by atoms with van der Waals surface area (Å²) in [6.45, 7) is 6.84. The predicted octanol–water partition coefficient (Wildman–Crippen LogP) is 4.02. The zero-order valence-electron chi connectivity index (χ0n) is 19.5. The minimum absolute atomic E-state index is 0.128. The Morgan fingerprint density at radius 3 is 2.28 bits per heavy atom. The molecule has 1 amide bonds. The average molecular weight is 458 g/mol. The lowest BCUT2D eigenvalue weighted by Crippen LogP contribution is -2.33. The Balaban J connectivity index is 1.84. The van der Waals surface area contributed by atoms with Gasteiger partial charge in [-0.15, -0.1) is 0 Å². The molecule has 2 aromatic rings. The Kier molecular flexibility index (Phi) is 8.32. The molecule has 0 aromatic heterocycles. The summed E-state index contributed by atoms with van der Waals surface area (Å²) < 4.78 is 27.6. The van der Waals surface area contributed by atoms with Gasteiger partial charge in [0.2, 0.25) is 10.0 Å². The monoisotopic (exact) mass is 457 g/mol. The normalized spacial score (nSPS) is 14.2. The van der Waals surface area contributed by atoms with Crippen LogP contribution in [0.5, 0.6) is 0 Å². The molecule has 2 aromatic carbocycles. The van der Waals surface area contributed by atoms with Crippen molar-refractivity contribution in [3.05, 3.63) is 59.7 Å². The highest BCUT2D eigenvalue weighted by atomic mass is 32.2. The number of hydrogen-bond acceptors (Lipinski definition) is 4. The average Bonchev–Trinajstić information content (AvgIpc) is 3.34. The Morgan fingerprint density at radius 1 is 1.00 bits per heavy atom. The van der Waals surface area contributed by atoms with Crippen LogP contribution >= 0.6 is 0 Å². The van der Waals surface area contributed by atoms with Crippen LogP contribution in [0.15, 0.2) is 53.4 Å². The molecule has 1 fully saturated rings. The molecule has 0 unspecified atom stereocenters. The number of carbonyl (C=O) groups is 1. The van der Waals surface area contributed by atoms with E-state index < -0.39 is 10.0 Å². The van der Waals surface area contributed by atoms with Crippen LogP contribution in [0, 0.1) is 0 Å². The van der Waals surface area contributed by atoms with Crippen LogP contribution < -0.4 is 4.90 Å². The first-order chi connectivity index (χ1) is 15.4. The molecule has 0 aliphatic carbocycles. The molecule has 7 heteroatoms. The van der Waals surface area contributed by atoms with Crippen molar-refractivity contribution in [2.45, 2.75) is 44.4 Å². The summed E-state index contributed by atoms with van der Waals surface area (Å²) in [5.74, 6) is -0.128. The van der Waals surface area contributed by atoms with Gasteiger partial charge >= 0.3 is 0 Å². The molecule has 1 heterocycles. The second-order valence-electron chi connectivity index (χ2n) is 8.28. The summed E-state index contributed by atoms with van der Waals surface area (Å²) in [7, 11) is -1.83. The van der Waals surface area contributed by atoms with Crippen LogP contribution in [0.2, 0.25) is 0 Å². The van der Waals surface area contributed by atoms with E-state index in [1.807, 2.05) is 38.1 Å². The number of rotatable bonds is 10. The van der Waals surface area contributed by atoms with Crippen molar-refractivity contribution in [1.29, 1.82) is 0 Å². The number of sulfonamides is 1. The quantitative estimate of drug-likeness (QED) is 0.541. The second kappa shape index (κ2) is 11.0. The van der Waals surface area contributed by atoms with Crippen molar-refractivity contribution in [3.63, 3.8) is 0 Å². The minimum Gasteiger partial charge on any atom is -0.371 e. The lowest BCUT2D eigenvalue weighted by atomic mass is 10.1. The maximum Gasteiger partial charge on any atom is 0.255 e. The molecule has 3 rings (SSSR count). The zero-order chi connectivity index (χ0) is 23.1. The Labute approximate surface area is 192 Å². The van der Waals surface area contributed by atoms with Crippen molar-refractivity contribution in [3.8, 4) is 0 Å². The molecule has 0 saturated carbocycles. The molecule has 32 heavy (non-hydrogen) atoms. The van der Waals surface area contributed by atoms with E-state index in [0.29, 0.717) is 25.2 Å². The second-order valence-corrected chi connectivity index (χ2v) is 10.2. The topological polar surface area (TPSA) is 60.9 Å². The fourth-order valence-electron chi connectivity index (χ4n) is 4.27. The van der Waals surface area contributed by atoms with Gasteiger partial charge in [-0.1, -0.05) is 44.2 Å². The van der Waals surface area contributed by atoms with Gasteiger partial charge < -0.3 is 9.80 Å². The standard InChI is InChI=1S/C25H35N3O3S/c1-4-28(5-2)32(30,31)22-15-16-24(27-18-9-10-19-27)23(20-22)25(29)26(3)17-11-14-21-12-7-6-8-13-21/h6-8,12-13,15-16,20H,4-5,9-11,14,17-19H2,1-3H3. The largest absolute Gasteiger partial charge is 0.371 e. The molecule has 1 aliphatic rings. The number of amides is 1. The van der Waals surface area contributed by atoms with E-state index in [9.17, 15) is 13.2 Å². The van der Waals surface area contributed by atoms with Crippen LogP contribution in [-0.2, 0) is 16.4 Å². The van der Waals surface area contributed by atoms with Crippen LogP contribution in [0.3, 0.4) is 0 Å². The highest BCUT2D eigenvalue weighted by molar-refractivity contribution is 7.89. The summed E-state index contributed by atoms with van der Waals surface area (Å²) in [5.41, 5.74) is 2.56. The highest BCUT2D eigenvalue weighted by Crippen LogP contribution is 2.29. The molecule has 0 radical (unpaired) electrons. The molecule has 0 atom stereocenters. The van der Waals surface area contributed by atoms with E-state index in [1.165, 1.54) is 9.87 Å². The van der Waals surface area contributed by atoms with Crippen LogP contribution in [0.25, 0.3) is 0 Å². The molecule has 0 N–H and O–H groups in total. The summed E-state index contributed by atoms with van der Waals surface area (Å²) >= 11 is 0. The molecule has 174 valence electrons.